The second-order valence-corrected chi connectivity index (χ2v) is 4.63. The highest BCUT2D eigenvalue weighted by molar-refractivity contribution is 5.81. The van der Waals surface area contributed by atoms with Crippen LogP contribution >= 0.6 is 0 Å². The van der Waals surface area contributed by atoms with E-state index in [4.69, 9.17) is 14.2 Å². The molecule has 0 heterocycles. The van der Waals surface area contributed by atoms with Crippen LogP contribution in [0.1, 0.15) is 46.5 Å². The first-order valence-electron chi connectivity index (χ1n) is 7.18. The van der Waals surface area contributed by atoms with Crippen LogP contribution in [-0.2, 0) is 19.0 Å². The Morgan fingerprint density at radius 1 is 1.16 bits per heavy atom. The Kier molecular flexibility index (Phi) is 11.6. The maximum Gasteiger partial charge on any atom is 0.330 e. The van der Waals surface area contributed by atoms with E-state index in [1.807, 2.05) is 6.92 Å². The zero-order valence-corrected chi connectivity index (χ0v) is 12.5. The standard InChI is InChI=1S/C15H28O4/c1-5-8-10-17-15(18-11-9-6-2)13(4)12-19-14(16)7-3/h7,13,15H,3,5-6,8-12H2,1-2,4H3. The van der Waals surface area contributed by atoms with Crippen molar-refractivity contribution in [1.82, 2.24) is 0 Å². The van der Waals surface area contributed by atoms with Gasteiger partial charge in [-0.15, -0.1) is 0 Å². The van der Waals surface area contributed by atoms with Gasteiger partial charge in [-0.3, -0.25) is 0 Å². The second kappa shape index (κ2) is 12.2. The minimum atomic E-state index is -0.410. The van der Waals surface area contributed by atoms with E-state index in [0.29, 0.717) is 13.2 Å². The molecular formula is C15H28O4. The van der Waals surface area contributed by atoms with Gasteiger partial charge in [0, 0.05) is 25.2 Å². The zero-order chi connectivity index (χ0) is 14.5. The molecule has 0 saturated heterocycles. The fraction of sp³-hybridized carbons (Fsp3) is 0.800. The number of hydrogen-bond acceptors (Lipinski definition) is 4. The zero-order valence-electron chi connectivity index (χ0n) is 12.5. The summed E-state index contributed by atoms with van der Waals surface area (Å²) in [6, 6.07) is 0. The molecule has 4 nitrogen and oxygen atoms in total. The van der Waals surface area contributed by atoms with Crippen molar-refractivity contribution in [2.75, 3.05) is 19.8 Å². The van der Waals surface area contributed by atoms with Crippen LogP contribution in [0.25, 0.3) is 0 Å². The molecular weight excluding hydrogens is 244 g/mol. The Morgan fingerprint density at radius 3 is 2.11 bits per heavy atom. The SMILES string of the molecule is C=CC(=O)OCC(C)C(OCCCC)OCCCC. The molecule has 0 fully saturated rings. The summed E-state index contributed by atoms with van der Waals surface area (Å²) in [5.74, 6) is -0.398. The third-order valence-corrected chi connectivity index (χ3v) is 2.68. The summed E-state index contributed by atoms with van der Waals surface area (Å²) in [7, 11) is 0. The monoisotopic (exact) mass is 272 g/mol. The lowest BCUT2D eigenvalue weighted by Gasteiger charge is -2.24. The molecule has 0 aromatic carbocycles. The van der Waals surface area contributed by atoms with Crippen molar-refractivity contribution in [1.29, 1.82) is 0 Å². The van der Waals surface area contributed by atoms with Gasteiger partial charge < -0.3 is 14.2 Å². The normalized spacial score (nSPS) is 12.4. The van der Waals surface area contributed by atoms with Crippen molar-refractivity contribution >= 4 is 5.97 Å². The molecule has 4 heteroatoms. The fourth-order valence-electron chi connectivity index (χ4n) is 1.42. The van der Waals surface area contributed by atoms with Gasteiger partial charge in [-0.25, -0.2) is 4.79 Å². The number of carbonyl (C=O) groups excluding carboxylic acids is 1. The van der Waals surface area contributed by atoms with Crippen LogP contribution in [0.2, 0.25) is 0 Å². The van der Waals surface area contributed by atoms with Crippen molar-refractivity contribution in [2.45, 2.75) is 52.7 Å². The van der Waals surface area contributed by atoms with E-state index < -0.39 is 5.97 Å². The highest BCUT2D eigenvalue weighted by Crippen LogP contribution is 2.12. The van der Waals surface area contributed by atoms with Crippen LogP contribution in [0.3, 0.4) is 0 Å². The molecule has 0 radical (unpaired) electrons. The van der Waals surface area contributed by atoms with Crippen LogP contribution in [0.15, 0.2) is 12.7 Å². The summed E-state index contributed by atoms with van der Waals surface area (Å²) in [5.41, 5.74) is 0. The minimum absolute atomic E-state index is 0.0117. The summed E-state index contributed by atoms with van der Waals surface area (Å²) in [6.07, 6.45) is 5.04. The largest absolute Gasteiger partial charge is 0.462 e. The predicted octanol–water partition coefficient (Wildman–Crippen LogP) is 3.31. The Bertz CT molecular complexity index is 230. The van der Waals surface area contributed by atoms with Crippen molar-refractivity contribution in [3.05, 3.63) is 12.7 Å². The van der Waals surface area contributed by atoms with Crippen molar-refractivity contribution in [3.8, 4) is 0 Å². The van der Waals surface area contributed by atoms with Gasteiger partial charge in [0.05, 0.1) is 6.61 Å². The van der Waals surface area contributed by atoms with E-state index in [1.54, 1.807) is 0 Å². The molecule has 1 atom stereocenters. The number of hydrogen-bond donors (Lipinski definition) is 0. The van der Waals surface area contributed by atoms with Gasteiger partial charge in [-0.05, 0) is 12.8 Å². The minimum Gasteiger partial charge on any atom is -0.462 e. The lowest BCUT2D eigenvalue weighted by atomic mass is 10.2. The van der Waals surface area contributed by atoms with Gasteiger partial charge in [0.2, 0.25) is 0 Å². The summed E-state index contributed by atoms with van der Waals surface area (Å²) in [4.78, 5) is 11.0. The molecule has 0 N–H and O–H groups in total. The lowest BCUT2D eigenvalue weighted by molar-refractivity contribution is -0.181. The molecule has 0 aliphatic rings. The Hall–Kier alpha value is -0.870. The first-order chi connectivity index (χ1) is 9.15. The van der Waals surface area contributed by atoms with Gasteiger partial charge >= 0.3 is 5.97 Å². The van der Waals surface area contributed by atoms with Crippen LogP contribution in [0.5, 0.6) is 0 Å². The summed E-state index contributed by atoms with van der Waals surface area (Å²) in [6.45, 7) is 11.2. The molecule has 0 aromatic rings. The third-order valence-electron chi connectivity index (χ3n) is 2.68. The molecule has 0 saturated carbocycles. The first-order valence-corrected chi connectivity index (χ1v) is 7.18. The Balaban J connectivity index is 4.10. The van der Waals surface area contributed by atoms with Crippen LogP contribution in [-0.4, -0.2) is 32.1 Å². The molecule has 0 aliphatic heterocycles. The summed E-state index contributed by atoms with van der Waals surface area (Å²) in [5, 5.41) is 0. The molecule has 0 aliphatic carbocycles. The molecule has 0 amide bonds. The van der Waals surface area contributed by atoms with E-state index in [-0.39, 0.29) is 18.8 Å². The average Bonchev–Trinajstić information content (AvgIpc) is 2.43. The van der Waals surface area contributed by atoms with Gasteiger partial charge in [0.25, 0.3) is 0 Å². The highest BCUT2D eigenvalue weighted by Gasteiger charge is 2.19. The van der Waals surface area contributed by atoms with Crippen molar-refractivity contribution in [2.24, 2.45) is 5.92 Å². The second-order valence-electron chi connectivity index (χ2n) is 4.63. The number of unbranched alkanes of at least 4 members (excludes halogenated alkanes) is 2. The number of ether oxygens (including phenoxy) is 3. The van der Waals surface area contributed by atoms with Gasteiger partial charge in [0.15, 0.2) is 6.29 Å². The first kappa shape index (κ1) is 18.1. The fourth-order valence-corrected chi connectivity index (χ4v) is 1.42. The lowest BCUT2D eigenvalue weighted by Crippen LogP contribution is -2.30. The maximum atomic E-state index is 11.0. The molecule has 0 spiro atoms. The Labute approximate surface area is 117 Å². The van der Waals surface area contributed by atoms with E-state index in [0.717, 1.165) is 31.8 Å². The molecule has 112 valence electrons. The summed E-state index contributed by atoms with van der Waals surface area (Å²) >= 11 is 0. The van der Waals surface area contributed by atoms with E-state index >= 15 is 0 Å². The summed E-state index contributed by atoms with van der Waals surface area (Å²) < 4.78 is 16.5. The van der Waals surface area contributed by atoms with E-state index in [1.165, 1.54) is 0 Å². The van der Waals surface area contributed by atoms with Crippen molar-refractivity contribution in [3.63, 3.8) is 0 Å². The number of esters is 1. The molecule has 0 bridgehead atoms. The number of rotatable bonds is 12. The molecule has 1 unspecified atom stereocenters. The van der Waals surface area contributed by atoms with Crippen LogP contribution in [0, 0.1) is 5.92 Å². The molecule has 0 rings (SSSR count). The highest BCUT2D eigenvalue weighted by atomic mass is 16.7. The smallest absolute Gasteiger partial charge is 0.330 e. The van der Waals surface area contributed by atoms with Gasteiger partial charge in [-0.2, -0.15) is 0 Å². The van der Waals surface area contributed by atoms with E-state index in [2.05, 4.69) is 20.4 Å². The average molecular weight is 272 g/mol. The van der Waals surface area contributed by atoms with Gasteiger partial charge in [0.1, 0.15) is 0 Å². The van der Waals surface area contributed by atoms with Gasteiger partial charge in [-0.1, -0.05) is 40.2 Å². The maximum absolute atomic E-state index is 11.0. The number of carbonyl (C=O) groups is 1. The van der Waals surface area contributed by atoms with Crippen LogP contribution < -0.4 is 0 Å². The predicted molar refractivity (Wildman–Crippen MR) is 75.8 cm³/mol. The topological polar surface area (TPSA) is 44.8 Å². The van der Waals surface area contributed by atoms with Crippen molar-refractivity contribution < 1.29 is 19.0 Å². The Morgan fingerprint density at radius 2 is 1.68 bits per heavy atom. The molecule has 0 aromatic heterocycles. The van der Waals surface area contributed by atoms with Crippen LogP contribution in [0.4, 0.5) is 0 Å². The quantitative estimate of drug-likeness (QED) is 0.237. The third kappa shape index (κ3) is 9.68. The van der Waals surface area contributed by atoms with E-state index in [9.17, 15) is 4.79 Å². The molecule has 19 heavy (non-hydrogen) atoms.